The van der Waals surface area contributed by atoms with E-state index >= 15 is 0 Å². The van der Waals surface area contributed by atoms with E-state index in [0.29, 0.717) is 12.4 Å². The average Bonchev–Trinajstić information content (AvgIpc) is 2.37. The molecule has 2 unspecified atom stereocenters. The van der Waals surface area contributed by atoms with Gasteiger partial charge in [0.1, 0.15) is 0 Å². The Morgan fingerprint density at radius 1 is 1.50 bits per heavy atom. The van der Waals surface area contributed by atoms with Gasteiger partial charge >= 0.3 is 0 Å². The predicted molar refractivity (Wildman–Crippen MR) is 70.7 cm³/mol. The van der Waals surface area contributed by atoms with Crippen LogP contribution < -0.4 is 10.9 Å². The Morgan fingerprint density at radius 2 is 2.28 bits per heavy atom. The maximum absolute atomic E-state index is 12.1. The summed E-state index contributed by atoms with van der Waals surface area (Å²) in [5.74, 6) is 0.358. The molecule has 0 radical (unpaired) electrons. The van der Waals surface area contributed by atoms with Crippen LogP contribution >= 0.6 is 0 Å². The average molecular weight is 251 g/mol. The van der Waals surface area contributed by atoms with Crippen LogP contribution in [-0.4, -0.2) is 26.8 Å². The maximum Gasteiger partial charge on any atom is 0.293 e. The molecular formula is C13H21N3O2. The molecule has 1 aliphatic carbocycles. The largest absolute Gasteiger partial charge is 0.391 e. The van der Waals surface area contributed by atoms with Crippen molar-refractivity contribution < 1.29 is 5.11 Å². The van der Waals surface area contributed by atoms with Crippen LogP contribution in [0, 0.1) is 0 Å². The lowest BCUT2D eigenvalue weighted by atomic mass is 9.93. The monoisotopic (exact) mass is 251 g/mol. The molecule has 0 bridgehead atoms. The van der Waals surface area contributed by atoms with E-state index < -0.39 is 0 Å². The fourth-order valence-corrected chi connectivity index (χ4v) is 2.42. The molecule has 100 valence electrons. The van der Waals surface area contributed by atoms with Gasteiger partial charge in [-0.2, -0.15) is 0 Å². The smallest absolute Gasteiger partial charge is 0.293 e. The summed E-state index contributed by atoms with van der Waals surface area (Å²) >= 11 is 0. The minimum absolute atomic E-state index is 0.0450. The van der Waals surface area contributed by atoms with Crippen LogP contribution in [-0.2, 0) is 6.54 Å². The van der Waals surface area contributed by atoms with Crippen LogP contribution in [0.3, 0.4) is 0 Å². The Bertz CT molecular complexity index is 444. The number of hydrogen-bond acceptors (Lipinski definition) is 4. The minimum atomic E-state index is -0.375. The zero-order valence-corrected chi connectivity index (χ0v) is 10.8. The van der Waals surface area contributed by atoms with Crippen molar-refractivity contribution in [1.82, 2.24) is 9.55 Å². The Morgan fingerprint density at radius 3 is 3.00 bits per heavy atom. The van der Waals surface area contributed by atoms with Crippen molar-refractivity contribution in [2.75, 3.05) is 5.32 Å². The maximum atomic E-state index is 12.1. The third-order valence-corrected chi connectivity index (χ3v) is 3.43. The van der Waals surface area contributed by atoms with E-state index in [0.717, 1.165) is 32.1 Å². The lowest BCUT2D eigenvalue weighted by molar-refractivity contribution is 0.116. The zero-order valence-electron chi connectivity index (χ0n) is 10.8. The number of aromatic nitrogens is 2. The summed E-state index contributed by atoms with van der Waals surface area (Å²) in [5, 5.41) is 13.0. The SMILES string of the molecule is CCCn1ccnc(NC2CCCCC2O)c1=O. The van der Waals surface area contributed by atoms with Gasteiger partial charge in [0.15, 0.2) is 5.82 Å². The molecule has 1 heterocycles. The molecule has 0 spiro atoms. The van der Waals surface area contributed by atoms with Crippen molar-refractivity contribution in [2.24, 2.45) is 0 Å². The molecule has 2 N–H and O–H groups in total. The van der Waals surface area contributed by atoms with E-state index in [4.69, 9.17) is 0 Å². The molecule has 5 nitrogen and oxygen atoms in total. The first kappa shape index (κ1) is 13.1. The lowest BCUT2D eigenvalue weighted by Crippen LogP contribution is -2.39. The number of aliphatic hydroxyl groups excluding tert-OH is 1. The van der Waals surface area contributed by atoms with Crippen molar-refractivity contribution >= 4 is 5.82 Å². The fraction of sp³-hybridized carbons (Fsp3) is 0.692. The van der Waals surface area contributed by atoms with Crippen LogP contribution in [0.25, 0.3) is 0 Å². The van der Waals surface area contributed by atoms with Crippen molar-refractivity contribution in [3.8, 4) is 0 Å². The van der Waals surface area contributed by atoms with Gasteiger partial charge in [-0.3, -0.25) is 4.79 Å². The highest BCUT2D eigenvalue weighted by Gasteiger charge is 2.23. The summed E-state index contributed by atoms with van der Waals surface area (Å²) in [7, 11) is 0. The van der Waals surface area contributed by atoms with E-state index in [-0.39, 0.29) is 17.7 Å². The summed E-state index contributed by atoms with van der Waals surface area (Å²) in [6.07, 6.45) is 7.71. The molecule has 0 aliphatic heterocycles. The molecule has 2 rings (SSSR count). The predicted octanol–water partition coefficient (Wildman–Crippen LogP) is 1.37. The van der Waals surface area contributed by atoms with Gasteiger partial charge in [0.2, 0.25) is 0 Å². The van der Waals surface area contributed by atoms with Gasteiger partial charge in [0.25, 0.3) is 5.56 Å². The number of hydrogen-bond donors (Lipinski definition) is 2. The molecule has 0 aromatic carbocycles. The molecule has 2 atom stereocenters. The second-order valence-electron chi connectivity index (χ2n) is 4.88. The quantitative estimate of drug-likeness (QED) is 0.848. The fourth-order valence-electron chi connectivity index (χ4n) is 2.42. The highest BCUT2D eigenvalue weighted by molar-refractivity contribution is 5.32. The molecule has 1 fully saturated rings. The third kappa shape index (κ3) is 2.90. The molecule has 0 saturated heterocycles. The summed E-state index contributed by atoms with van der Waals surface area (Å²) in [6.45, 7) is 2.73. The van der Waals surface area contributed by atoms with Gasteiger partial charge in [-0.15, -0.1) is 0 Å². The molecule has 5 heteroatoms. The summed E-state index contributed by atoms with van der Waals surface area (Å²) in [4.78, 5) is 16.2. The Kier molecular flexibility index (Phi) is 4.36. The zero-order chi connectivity index (χ0) is 13.0. The third-order valence-electron chi connectivity index (χ3n) is 3.43. The molecule has 1 aromatic heterocycles. The Labute approximate surface area is 107 Å². The van der Waals surface area contributed by atoms with Gasteiger partial charge < -0.3 is 15.0 Å². The summed E-state index contributed by atoms with van der Waals surface area (Å²) in [5.41, 5.74) is -0.0999. The van der Waals surface area contributed by atoms with Gasteiger partial charge in [-0.05, 0) is 19.3 Å². The molecule has 1 aromatic rings. The van der Waals surface area contributed by atoms with E-state index in [1.807, 2.05) is 6.92 Å². The minimum Gasteiger partial charge on any atom is -0.391 e. The first-order valence-electron chi connectivity index (χ1n) is 6.72. The Balaban J connectivity index is 2.13. The second-order valence-corrected chi connectivity index (χ2v) is 4.88. The van der Waals surface area contributed by atoms with Gasteiger partial charge in [-0.1, -0.05) is 19.8 Å². The highest BCUT2D eigenvalue weighted by Crippen LogP contribution is 2.20. The summed E-state index contributed by atoms with van der Waals surface area (Å²) in [6, 6.07) is -0.0450. The lowest BCUT2D eigenvalue weighted by Gasteiger charge is -2.28. The van der Waals surface area contributed by atoms with E-state index in [1.54, 1.807) is 17.0 Å². The normalized spacial score (nSPS) is 23.9. The topological polar surface area (TPSA) is 67.2 Å². The first-order valence-corrected chi connectivity index (χ1v) is 6.72. The number of nitrogens with one attached hydrogen (secondary N) is 1. The number of aliphatic hydroxyl groups is 1. The van der Waals surface area contributed by atoms with Crippen LogP contribution in [0.4, 0.5) is 5.82 Å². The molecular weight excluding hydrogens is 230 g/mol. The van der Waals surface area contributed by atoms with E-state index in [1.165, 1.54) is 0 Å². The molecule has 0 amide bonds. The number of aryl methyl sites for hydroxylation is 1. The highest BCUT2D eigenvalue weighted by atomic mass is 16.3. The molecule has 1 aliphatic rings. The number of nitrogens with zero attached hydrogens (tertiary/aromatic N) is 2. The van der Waals surface area contributed by atoms with Gasteiger partial charge in [-0.25, -0.2) is 4.98 Å². The van der Waals surface area contributed by atoms with Crippen LogP contribution in [0.5, 0.6) is 0 Å². The molecule has 18 heavy (non-hydrogen) atoms. The van der Waals surface area contributed by atoms with Gasteiger partial charge in [0.05, 0.1) is 12.1 Å². The van der Waals surface area contributed by atoms with Crippen molar-refractivity contribution in [3.05, 3.63) is 22.7 Å². The van der Waals surface area contributed by atoms with Crippen molar-refractivity contribution in [3.63, 3.8) is 0 Å². The number of anilines is 1. The van der Waals surface area contributed by atoms with Crippen LogP contribution in [0.2, 0.25) is 0 Å². The number of rotatable bonds is 4. The standard InChI is InChI=1S/C13H21N3O2/c1-2-8-16-9-7-14-12(13(16)18)15-10-5-3-4-6-11(10)17/h7,9-11,17H,2-6,8H2,1H3,(H,14,15). The van der Waals surface area contributed by atoms with Crippen molar-refractivity contribution in [2.45, 2.75) is 57.7 Å². The first-order chi connectivity index (χ1) is 8.72. The Hall–Kier alpha value is -1.36. The van der Waals surface area contributed by atoms with E-state index in [2.05, 4.69) is 10.3 Å². The summed E-state index contributed by atoms with van der Waals surface area (Å²) < 4.78 is 1.66. The van der Waals surface area contributed by atoms with Gasteiger partial charge in [0, 0.05) is 18.9 Å². The van der Waals surface area contributed by atoms with Crippen LogP contribution in [0.1, 0.15) is 39.0 Å². The van der Waals surface area contributed by atoms with E-state index in [9.17, 15) is 9.90 Å². The van der Waals surface area contributed by atoms with Crippen LogP contribution in [0.15, 0.2) is 17.2 Å². The molecule has 1 saturated carbocycles. The van der Waals surface area contributed by atoms with Crippen molar-refractivity contribution in [1.29, 1.82) is 0 Å². The second kappa shape index (κ2) is 6.00.